The molecule has 1 amide bonds. The summed E-state index contributed by atoms with van der Waals surface area (Å²) in [6.07, 6.45) is 2.34. The van der Waals surface area contributed by atoms with Gasteiger partial charge in [0, 0.05) is 24.0 Å². The molecule has 1 saturated heterocycles. The molecule has 92 valence electrons. The second-order valence-electron chi connectivity index (χ2n) is 4.78. The quantitative estimate of drug-likeness (QED) is 0.767. The fourth-order valence-electron chi connectivity index (χ4n) is 2.34. The first kappa shape index (κ1) is 12.6. The zero-order valence-corrected chi connectivity index (χ0v) is 11.7. The maximum atomic E-state index is 12.3. The molecule has 2 rings (SSSR count). The van der Waals surface area contributed by atoms with E-state index in [1.54, 1.807) is 0 Å². The Morgan fingerprint density at radius 1 is 1.53 bits per heavy atom. The van der Waals surface area contributed by atoms with Gasteiger partial charge in [0.25, 0.3) is 5.91 Å². The lowest BCUT2D eigenvalue weighted by atomic mass is 9.99. The van der Waals surface area contributed by atoms with Gasteiger partial charge in [0.1, 0.15) is 0 Å². The van der Waals surface area contributed by atoms with Crippen LogP contribution in [0.3, 0.4) is 0 Å². The minimum atomic E-state index is 0.180. The number of carbonyl (C=O) groups is 1. The number of hydrogen-bond donors (Lipinski definition) is 0. The summed E-state index contributed by atoms with van der Waals surface area (Å²) in [5.74, 6) is 0.789. The average molecular weight is 296 g/mol. The molecule has 0 aromatic heterocycles. The van der Waals surface area contributed by atoms with Crippen molar-refractivity contribution < 1.29 is 4.79 Å². The number of carbonyl (C=O) groups excluding carboxylic acids is 1. The van der Waals surface area contributed by atoms with Gasteiger partial charge in [-0.3, -0.25) is 4.79 Å². The van der Waals surface area contributed by atoms with Crippen LogP contribution in [0.4, 0.5) is 0 Å². The molecule has 1 atom stereocenters. The van der Waals surface area contributed by atoms with Crippen LogP contribution in [-0.4, -0.2) is 29.2 Å². The third kappa shape index (κ3) is 3.09. The van der Waals surface area contributed by atoms with Crippen LogP contribution in [0.25, 0.3) is 0 Å². The molecule has 1 aromatic rings. The molecule has 0 bridgehead atoms. The van der Waals surface area contributed by atoms with Gasteiger partial charge in [0.05, 0.1) is 0 Å². The second-order valence-corrected chi connectivity index (χ2v) is 5.43. The van der Waals surface area contributed by atoms with Crippen molar-refractivity contribution in [3.8, 4) is 0 Å². The van der Waals surface area contributed by atoms with Gasteiger partial charge in [-0.2, -0.15) is 0 Å². The molecule has 0 aliphatic carbocycles. The minimum Gasteiger partial charge on any atom is -0.338 e. The van der Waals surface area contributed by atoms with Crippen LogP contribution in [0.15, 0.2) is 24.3 Å². The average Bonchev–Trinajstić information content (AvgIpc) is 2.38. The molecule has 0 spiro atoms. The molecule has 1 aromatic carbocycles. The molecule has 1 fully saturated rings. The van der Waals surface area contributed by atoms with Crippen LogP contribution in [0.5, 0.6) is 0 Å². The number of hydrogen-bond acceptors (Lipinski definition) is 1. The maximum absolute atomic E-state index is 12.3. The van der Waals surface area contributed by atoms with Crippen LogP contribution in [0.2, 0.25) is 0 Å². The molecule has 1 heterocycles. The number of rotatable bonds is 2. The summed E-state index contributed by atoms with van der Waals surface area (Å²) in [5.41, 5.74) is 1.96. The van der Waals surface area contributed by atoms with Crippen molar-refractivity contribution in [2.24, 2.45) is 5.92 Å². The van der Waals surface area contributed by atoms with Crippen molar-refractivity contribution in [2.75, 3.05) is 18.4 Å². The van der Waals surface area contributed by atoms with Gasteiger partial charge in [-0.15, -0.1) is 0 Å². The third-order valence-corrected chi connectivity index (χ3v) is 4.21. The minimum absolute atomic E-state index is 0.180. The van der Waals surface area contributed by atoms with Crippen molar-refractivity contribution >= 4 is 21.8 Å². The van der Waals surface area contributed by atoms with Crippen molar-refractivity contribution in [1.29, 1.82) is 0 Å². The van der Waals surface area contributed by atoms with E-state index in [4.69, 9.17) is 0 Å². The molecule has 17 heavy (non-hydrogen) atoms. The lowest BCUT2D eigenvalue weighted by Gasteiger charge is -2.32. The summed E-state index contributed by atoms with van der Waals surface area (Å²) in [5, 5.41) is 0.991. The highest BCUT2D eigenvalue weighted by Crippen LogP contribution is 2.20. The van der Waals surface area contributed by atoms with E-state index < -0.39 is 0 Å². The first-order valence-electron chi connectivity index (χ1n) is 6.12. The van der Waals surface area contributed by atoms with E-state index in [2.05, 4.69) is 15.9 Å². The molecule has 0 saturated carbocycles. The molecule has 1 aliphatic heterocycles. The number of nitrogens with zero attached hydrogens (tertiary/aromatic N) is 1. The Balaban J connectivity index is 2.09. The predicted molar refractivity (Wildman–Crippen MR) is 73.6 cm³/mol. The van der Waals surface area contributed by atoms with Crippen LogP contribution in [0, 0.1) is 12.8 Å². The number of amides is 1. The van der Waals surface area contributed by atoms with Gasteiger partial charge in [-0.25, -0.2) is 0 Å². The molecular weight excluding hydrogens is 278 g/mol. The number of benzene rings is 1. The Morgan fingerprint density at radius 2 is 2.35 bits per heavy atom. The van der Waals surface area contributed by atoms with Crippen LogP contribution < -0.4 is 0 Å². The Labute approximate surface area is 111 Å². The van der Waals surface area contributed by atoms with Crippen molar-refractivity contribution in [1.82, 2.24) is 4.90 Å². The summed E-state index contributed by atoms with van der Waals surface area (Å²) in [4.78, 5) is 14.3. The fourth-order valence-corrected chi connectivity index (χ4v) is 2.86. The van der Waals surface area contributed by atoms with Crippen LogP contribution >= 0.6 is 15.9 Å². The number of alkyl halides is 1. The number of piperidine rings is 1. The smallest absolute Gasteiger partial charge is 0.253 e. The highest BCUT2D eigenvalue weighted by molar-refractivity contribution is 9.09. The maximum Gasteiger partial charge on any atom is 0.253 e. The number of likely N-dealkylation sites (tertiary alicyclic amines) is 1. The van der Waals surface area contributed by atoms with Crippen LogP contribution in [-0.2, 0) is 0 Å². The number of halogens is 1. The molecule has 2 nitrogen and oxygen atoms in total. The Kier molecular flexibility index (Phi) is 4.21. The monoisotopic (exact) mass is 295 g/mol. The lowest BCUT2D eigenvalue weighted by Crippen LogP contribution is -2.40. The summed E-state index contributed by atoms with van der Waals surface area (Å²) in [6.45, 7) is 3.81. The van der Waals surface area contributed by atoms with Gasteiger partial charge in [-0.05, 0) is 37.8 Å². The van der Waals surface area contributed by atoms with Crippen LogP contribution in [0.1, 0.15) is 28.8 Å². The Hall–Kier alpha value is -0.830. The summed E-state index contributed by atoms with van der Waals surface area (Å²) in [6, 6.07) is 7.86. The van der Waals surface area contributed by atoms with E-state index in [9.17, 15) is 4.79 Å². The Morgan fingerprint density at radius 3 is 3.06 bits per heavy atom. The zero-order chi connectivity index (χ0) is 12.3. The van der Waals surface area contributed by atoms with E-state index in [1.807, 2.05) is 36.1 Å². The summed E-state index contributed by atoms with van der Waals surface area (Å²) >= 11 is 3.52. The van der Waals surface area contributed by atoms with E-state index in [0.29, 0.717) is 5.92 Å². The standard InChI is InChI=1S/C14H18BrNO/c1-11-4-2-6-13(8-11)14(17)16-7-3-5-12(9-15)10-16/h2,4,6,8,12H,3,5,7,9-10H2,1H3. The van der Waals surface area contributed by atoms with E-state index in [-0.39, 0.29) is 5.91 Å². The molecule has 3 heteroatoms. The zero-order valence-electron chi connectivity index (χ0n) is 10.2. The number of aryl methyl sites for hydroxylation is 1. The lowest BCUT2D eigenvalue weighted by molar-refractivity contribution is 0.0686. The molecule has 1 aliphatic rings. The SMILES string of the molecule is Cc1cccc(C(=O)N2CCCC(CBr)C2)c1. The summed E-state index contributed by atoms with van der Waals surface area (Å²) in [7, 11) is 0. The largest absolute Gasteiger partial charge is 0.338 e. The molecule has 0 radical (unpaired) electrons. The Bertz CT molecular complexity index is 405. The fraction of sp³-hybridized carbons (Fsp3) is 0.500. The van der Waals surface area contributed by atoms with Crippen molar-refractivity contribution in [3.05, 3.63) is 35.4 Å². The summed E-state index contributed by atoms with van der Waals surface area (Å²) < 4.78 is 0. The molecular formula is C14H18BrNO. The van der Waals surface area contributed by atoms with Gasteiger partial charge in [-0.1, -0.05) is 33.6 Å². The van der Waals surface area contributed by atoms with Gasteiger partial charge in [0.15, 0.2) is 0 Å². The van der Waals surface area contributed by atoms with Crippen molar-refractivity contribution in [2.45, 2.75) is 19.8 Å². The van der Waals surface area contributed by atoms with Gasteiger partial charge >= 0.3 is 0 Å². The highest BCUT2D eigenvalue weighted by atomic mass is 79.9. The van der Waals surface area contributed by atoms with E-state index in [0.717, 1.165) is 36.0 Å². The predicted octanol–water partition coefficient (Wildman–Crippen LogP) is 3.24. The first-order valence-corrected chi connectivity index (χ1v) is 7.25. The topological polar surface area (TPSA) is 20.3 Å². The highest BCUT2D eigenvalue weighted by Gasteiger charge is 2.23. The molecule has 1 unspecified atom stereocenters. The van der Waals surface area contributed by atoms with E-state index >= 15 is 0 Å². The van der Waals surface area contributed by atoms with Gasteiger partial charge < -0.3 is 4.90 Å². The third-order valence-electron chi connectivity index (χ3n) is 3.29. The first-order chi connectivity index (χ1) is 8.20. The molecule has 0 N–H and O–H groups in total. The second kappa shape index (κ2) is 5.67. The van der Waals surface area contributed by atoms with Gasteiger partial charge in [0.2, 0.25) is 0 Å². The van der Waals surface area contributed by atoms with Crippen molar-refractivity contribution in [3.63, 3.8) is 0 Å². The normalized spacial score (nSPS) is 20.4. The van der Waals surface area contributed by atoms with E-state index in [1.165, 1.54) is 6.42 Å².